The van der Waals surface area contributed by atoms with Crippen LogP contribution in [0, 0.1) is 0 Å². The van der Waals surface area contributed by atoms with E-state index in [-0.39, 0.29) is 16.4 Å². The minimum atomic E-state index is -3.86. The Morgan fingerprint density at radius 2 is 1.68 bits per heavy atom. The fraction of sp³-hybridized carbons (Fsp3) is 0.174. The third-order valence-corrected chi connectivity index (χ3v) is 5.88. The second-order valence-electron chi connectivity index (χ2n) is 7.21. The van der Waals surface area contributed by atoms with Crippen LogP contribution in [-0.4, -0.2) is 40.4 Å². The lowest BCUT2D eigenvalue weighted by atomic mass is 10.1. The Bertz CT molecular complexity index is 1160. The van der Waals surface area contributed by atoms with Gasteiger partial charge >= 0.3 is 0 Å². The molecule has 162 valence electrons. The molecule has 0 aliphatic carbocycles. The van der Waals surface area contributed by atoms with E-state index in [0.717, 1.165) is 5.56 Å². The van der Waals surface area contributed by atoms with Crippen molar-refractivity contribution in [1.29, 1.82) is 0 Å². The molecule has 0 spiro atoms. The zero-order chi connectivity index (χ0) is 22.4. The van der Waals surface area contributed by atoms with Crippen LogP contribution in [0.5, 0.6) is 5.75 Å². The van der Waals surface area contributed by atoms with Gasteiger partial charge in [0.05, 0.1) is 12.0 Å². The predicted molar refractivity (Wildman–Crippen MR) is 122 cm³/mol. The number of nitrogens with one attached hydrogen (secondary N) is 2. The second-order valence-corrected chi connectivity index (χ2v) is 8.89. The SMILES string of the molecule is COc1ccc(NS(=O)(=O)c2cccc(C(=O)Nc3ccccc3CN(C)C)c2)cc1. The largest absolute Gasteiger partial charge is 0.497 e. The zero-order valence-corrected chi connectivity index (χ0v) is 18.4. The summed E-state index contributed by atoms with van der Waals surface area (Å²) in [5, 5.41) is 2.88. The minimum absolute atomic E-state index is 0.00227. The van der Waals surface area contributed by atoms with E-state index in [0.29, 0.717) is 23.7 Å². The fourth-order valence-corrected chi connectivity index (χ4v) is 4.10. The van der Waals surface area contributed by atoms with Gasteiger partial charge in [0.25, 0.3) is 15.9 Å². The molecule has 3 aromatic rings. The van der Waals surface area contributed by atoms with Crippen molar-refractivity contribution in [3.63, 3.8) is 0 Å². The number of amides is 1. The molecule has 0 heterocycles. The van der Waals surface area contributed by atoms with E-state index in [2.05, 4.69) is 10.0 Å². The Kier molecular flexibility index (Phi) is 6.94. The molecule has 8 heteroatoms. The number of rotatable bonds is 8. The van der Waals surface area contributed by atoms with Crippen molar-refractivity contribution in [1.82, 2.24) is 4.90 Å². The summed E-state index contributed by atoms with van der Waals surface area (Å²) in [6.07, 6.45) is 0. The van der Waals surface area contributed by atoms with Gasteiger partial charge in [-0.05, 0) is 68.2 Å². The van der Waals surface area contributed by atoms with Crippen molar-refractivity contribution in [2.24, 2.45) is 0 Å². The second kappa shape index (κ2) is 9.63. The Balaban J connectivity index is 1.80. The first-order valence-electron chi connectivity index (χ1n) is 9.59. The van der Waals surface area contributed by atoms with Gasteiger partial charge in [-0.25, -0.2) is 8.42 Å². The summed E-state index contributed by atoms with van der Waals surface area (Å²) in [6, 6.07) is 20.0. The highest BCUT2D eigenvalue weighted by Gasteiger charge is 2.17. The molecule has 0 atom stereocenters. The highest BCUT2D eigenvalue weighted by atomic mass is 32.2. The molecule has 0 aliphatic rings. The fourth-order valence-electron chi connectivity index (χ4n) is 2.99. The molecular formula is C23H25N3O4S. The number of methoxy groups -OCH3 is 1. The van der Waals surface area contributed by atoms with Crippen molar-refractivity contribution in [2.45, 2.75) is 11.4 Å². The third-order valence-electron chi connectivity index (χ3n) is 4.50. The van der Waals surface area contributed by atoms with Crippen molar-refractivity contribution in [2.75, 3.05) is 31.2 Å². The van der Waals surface area contributed by atoms with E-state index in [4.69, 9.17) is 4.74 Å². The number of anilines is 2. The van der Waals surface area contributed by atoms with Crippen molar-refractivity contribution in [3.8, 4) is 5.75 Å². The number of hydrogen-bond acceptors (Lipinski definition) is 5. The summed E-state index contributed by atoms with van der Waals surface area (Å²) in [4.78, 5) is 14.8. The van der Waals surface area contributed by atoms with Gasteiger partial charge < -0.3 is 15.0 Å². The number of ether oxygens (including phenoxy) is 1. The molecule has 0 unspecified atom stereocenters. The third kappa shape index (κ3) is 5.84. The van der Waals surface area contributed by atoms with Crippen molar-refractivity contribution >= 4 is 27.3 Å². The molecule has 7 nitrogen and oxygen atoms in total. The number of sulfonamides is 1. The molecule has 2 N–H and O–H groups in total. The summed E-state index contributed by atoms with van der Waals surface area (Å²) in [5.74, 6) is 0.240. The van der Waals surface area contributed by atoms with E-state index in [1.54, 1.807) is 36.4 Å². The molecule has 0 bridgehead atoms. The molecule has 0 aromatic heterocycles. The maximum atomic E-state index is 12.8. The highest BCUT2D eigenvalue weighted by molar-refractivity contribution is 7.92. The lowest BCUT2D eigenvalue weighted by Gasteiger charge is -2.15. The number of nitrogens with zero attached hydrogens (tertiary/aromatic N) is 1. The molecule has 3 rings (SSSR count). The molecule has 0 fully saturated rings. The van der Waals surface area contributed by atoms with E-state index in [9.17, 15) is 13.2 Å². The van der Waals surface area contributed by atoms with E-state index < -0.39 is 10.0 Å². The number of carbonyl (C=O) groups excluding carboxylic acids is 1. The molecule has 31 heavy (non-hydrogen) atoms. The van der Waals surface area contributed by atoms with Gasteiger partial charge in [0.15, 0.2) is 0 Å². The first-order chi connectivity index (χ1) is 14.8. The first kappa shape index (κ1) is 22.3. The van der Waals surface area contributed by atoms with Gasteiger partial charge in [-0.15, -0.1) is 0 Å². The van der Waals surface area contributed by atoms with Crippen LogP contribution in [0.3, 0.4) is 0 Å². The first-order valence-corrected chi connectivity index (χ1v) is 11.1. The lowest BCUT2D eigenvalue weighted by Crippen LogP contribution is -2.18. The van der Waals surface area contributed by atoms with Gasteiger partial charge in [-0.1, -0.05) is 24.3 Å². The van der Waals surface area contributed by atoms with Crippen LogP contribution in [-0.2, 0) is 16.6 Å². The average molecular weight is 440 g/mol. The molecular weight excluding hydrogens is 414 g/mol. The average Bonchev–Trinajstić information content (AvgIpc) is 2.75. The van der Waals surface area contributed by atoms with Crippen LogP contribution in [0.1, 0.15) is 15.9 Å². The van der Waals surface area contributed by atoms with Gasteiger partial charge in [0, 0.05) is 23.5 Å². The minimum Gasteiger partial charge on any atom is -0.497 e. The molecule has 0 saturated carbocycles. The van der Waals surface area contributed by atoms with E-state index in [1.807, 2.05) is 43.3 Å². The molecule has 0 radical (unpaired) electrons. The summed E-state index contributed by atoms with van der Waals surface area (Å²) in [7, 11) is 1.57. The standard InChI is InChI=1S/C23H25N3O4S/c1-26(2)16-18-7-4-5-10-22(18)24-23(27)17-8-6-9-21(15-17)31(28,29)25-19-11-13-20(30-3)14-12-19/h4-15,25H,16H2,1-3H3,(H,24,27). The lowest BCUT2D eigenvalue weighted by molar-refractivity contribution is 0.102. The normalized spacial score (nSPS) is 11.2. The van der Waals surface area contributed by atoms with Crippen molar-refractivity contribution in [3.05, 3.63) is 83.9 Å². The van der Waals surface area contributed by atoms with Gasteiger partial charge in [0.1, 0.15) is 5.75 Å². The monoisotopic (exact) mass is 439 g/mol. The van der Waals surface area contributed by atoms with E-state index in [1.165, 1.54) is 19.2 Å². The summed E-state index contributed by atoms with van der Waals surface area (Å²) in [6.45, 7) is 0.663. The quantitative estimate of drug-likeness (QED) is 0.557. The highest BCUT2D eigenvalue weighted by Crippen LogP contribution is 2.21. The van der Waals surface area contributed by atoms with Crippen LogP contribution in [0.4, 0.5) is 11.4 Å². The van der Waals surface area contributed by atoms with Crippen LogP contribution < -0.4 is 14.8 Å². The Morgan fingerprint density at radius 1 is 0.968 bits per heavy atom. The van der Waals surface area contributed by atoms with Crippen LogP contribution in [0.25, 0.3) is 0 Å². The van der Waals surface area contributed by atoms with Crippen LogP contribution in [0.15, 0.2) is 77.7 Å². The number of hydrogen-bond donors (Lipinski definition) is 2. The zero-order valence-electron chi connectivity index (χ0n) is 17.6. The Hall–Kier alpha value is -3.36. The smallest absolute Gasteiger partial charge is 0.261 e. The van der Waals surface area contributed by atoms with Gasteiger partial charge in [0.2, 0.25) is 0 Å². The Labute approximate surface area is 182 Å². The molecule has 3 aromatic carbocycles. The number of carbonyl (C=O) groups is 1. The van der Waals surface area contributed by atoms with Crippen LogP contribution in [0.2, 0.25) is 0 Å². The predicted octanol–water partition coefficient (Wildman–Crippen LogP) is 3.81. The summed E-state index contributed by atoms with van der Waals surface area (Å²) >= 11 is 0. The Morgan fingerprint density at radius 3 is 2.35 bits per heavy atom. The molecule has 1 amide bonds. The molecule has 0 saturated heterocycles. The summed E-state index contributed by atoms with van der Waals surface area (Å²) in [5.41, 5.74) is 2.29. The molecule has 0 aliphatic heterocycles. The topological polar surface area (TPSA) is 87.7 Å². The maximum Gasteiger partial charge on any atom is 0.261 e. The van der Waals surface area contributed by atoms with Crippen molar-refractivity contribution < 1.29 is 17.9 Å². The number of benzene rings is 3. The number of para-hydroxylation sites is 1. The van der Waals surface area contributed by atoms with Crippen LogP contribution >= 0.6 is 0 Å². The van der Waals surface area contributed by atoms with Gasteiger partial charge in [-0.2, -0.15) is 0 Å². The summed E-state index contributed by atoms with van der Waals surface area (Å²) < 4.78 is 33.2. The maximum absolute atomic E-state index is 12.8. The van der Waals surface area contributed by atoms with Gasteiger partial charge in [-0.3, -0.25) is 9.52 Å². The van der Waals surface area contributed by atoms with E-state index >= 15 is 0 Å².